The number of rotatable bonds is 5. The number of amides is 1. The molecule has 0 saturated heterocycles. The third-order valence-corrected chi connectivity index (χ3v) is 5.29. The van der Waals surface area contributed by atoms with Crippen LogP contribution in [0.1, 0.15) is 29.6 Å². The number of hydrogen-bond donors (Lipinski definition) is 0. The molecule has 2 aliphatic rings. The molecule has 2 aromatic carbocycles. The molecule has 0 fully saturated rings. The van der Waals surface area contributed by atoms with Crippen LogP contribution in [0.15, 0.2) is 84.6 Å². The van der Waals surface area contributed by atoms with Gasteiger partial charge in [-0.05, 0) is 43.2 Å². The molecule has 0 bridgehead atoms. The summed E-state index contributed by atoms with van der Waals surface area (Å²) in [7, 11) is 0. The average molecular weight is 458 g/mol. The molecule has 0 saturated carbocycles. The van der Waals surface area contributed by atoms with E-state index in [1.54, 1.807) is 18.3 Å². The molecule has 1 aliphatic heterocycles. The van der Waals surface area contributed by atoms with Gasteiger partial charge < -0.3 is 9.47 Å². The Morgan fingerprint density at radius 1 is 1.16 bits per heavy atom. The Kier molecular flexibility index (Phi) is 6.44. The summed E-state index contributed by atoms with van der Waals surface area (Å²) in [6.07, 6.45) is 13.2. The minimum absolute atomic E-state index is 0.0398. The first-order chi connectivity index (χ1) is 15.0. The van der Waals surface area contributed by atoms with Crippen LogP contribution in [0.2, 0.25) is 10.0 Å². The van der Waals surface area contributed by atoms with E-state index < -0.39 is 11.7 Å². The molecule has 0 aromatic heterocycles. The number of ether oxygens (including phenoxy) is 2. The predicted molar refractivity (Wildman–Crippen MR) is 118 cm³/mol. The van der Waals surface area contributed by atoms with Crippen molar-refractivity contribution in [1.29, 1.82) is 0 Å². The Morgan fingerprint density at radius 2 is 2.03 bits per heavy atom. The smallest absolute Gasteiger partial charge is 0.265 e. The van der Waals surface area contributed by atoms with E-state index >= 15 is 0 Å². The van der Waals surface area contributed by atoms with Gasteiger partial charge in [0.05, 0.1) is 16.8 Å². The fraction of sp³-hybridized carbons (Fsp3) is 0.125. The summed E-state index contributed by atoms with van der Waals surface area (Å²) in [5.74, 6) is 0.0104. The number of carbonyl (C=O) groups is 1. The van der Waals surface area contributed by atoms with E-state index in [-0.39, 0.29) is 17.1 Å². The van der Waals surface area contributed by atoms with Crippen molar-refractivity contribution in [3.8, 4) is 11.5 Å². The van der Waals surface area contributed by atoms with Gasteiger partial charge in [-0.2, -0.15) is 0 Å². The highest BCUT2D eigenvalue weighted by molar-refractivity contribution is 6.34. The third kappa shape index (κ3) is 5.19. The molecule has 2 aromatic rings. The first kappa shape index (κ1) is 21.2. The molecule has 0 radical (unpaired) electrons. The third-order valence-electron chi connectivity index (χ3n) is 4.75. The molecule has 4 rings (SSSR count). The number of nitrogens with zero attached hydrogens (tertiary/aromatic N) is 1. The van der Waals surface area contributed by atoms with Gasteiger partial charge in [0.1, 0.15) is 29.3 Å². The molecule has 7 heteroatoms. The minimum Gasteiger partial charge on any atom is -0.466 e. The van der Waals surface area contributed by atoms with Gasteiger partial charge >= 0.3 is 0 Å². The zero-order valence-corrected chi connectivity index (χ0v) is 17.9. The van der Waals surface area contributed by atoms with Crippen molar-refractivity contribution in [2.45, 2.75) is 19.3 Å². The Labute approximate surface area is 189 Å². The largest absolute Gasteiger partial charge is 0.466 e. The summed E-state index contributed by atoms with van der Waals surface area (Å²) in [4.78, 5) is 14.5. The molecule has 1 aliphatic carbocycles. The zero-order valence-electron chi connectivity index (χ0n) is 16.4. The van der Waals surface area contributed by atoms with Crippen LogP contribution in [0.5, 0.6) is 11.5 Å². The van der Waals surface area contributed by atoms with Crippen molar-refractivity contribution in [2.75, 3.05) is 0 Å². The maximum absolute atomic E-state index is 14.0. The molecular formula is C24H18Cl2FNO3. The van der Waals surface area contributed by atoms with E-state index in [0.29, 0.717) is 22.2 Å². The van der Waals surface area contributed by atoms with Gasteiger partial charge in [-0.25, -0.2) is 4.39 Å². The van der Waals surface area contributed by atoms with Crippen LogP contribution in [-0.2, 0) is 4.74 Å². The lowest BCUT2D eigenvalue weighted by Crippen LogP contribution is -2.23. The van der Waals surface area contributed by atoms with Gasteiger partial charge in [0, 0.05) is 23.7 Å². The normalized spacial score (nSPS) is 15.3. The van der Waals surface area contributed by atoms with Crippen LogP contribution >= 0.6 is 23.2 Å². The summed E-state index contributed by atoms with van der Waals surface area (Å²) < 4.78 is 25.4. The standard InChI is InChI=1S/C24H18Cl2FNO3/c25-17-6-8-21(26)23(13-17)31-22-9-7-18(27)14-20(22)24(29)28-10-11-30-19(15-28)12-16-4-2-1-3-5-16/h1-2,4,6-11,13-15H,3,5,12H2. The zero-order chi connectivity index (χ0) is 21.8. The highest BCUT2D eigenvalue weighted by atomic mass is 35.5. The second-order valence-electron chi connectivity index (χ2n) is 7.00. The molecule has 0 atom stereocenters. The van der Waals surface area contributed by atoms with E-state index in [1.165, 1.54) is 41.1 Å². The number of halogens is 3. The number of allylic oxidation sites excluding steroid dienone is 4. The quantitative estimate of drug-likeness (QED) is 0.470. The van der Waals surface area contributed by atoms with E-state index in [9.17, 15) is 9.18 Å². The molecule has 0 spiro atoms. The highest BCUT2D eigenvalue weighted by Gasteiger charge is 2.22. The Balaban J connectivity index is 1.60. The van der Waals surface area contributed by atoms with Crippen molar-refractivity contribution in [3.63, 3.8) is 0 Å². The fourth-order valence-corrected chi connectivity index (χ4v) is 3.54. The molecule has 1 heterocycles. The second-order valence-corrected chi connectivity index (χ2v) is 7.84. The number of hydrogen-bond acceptors (Lipinski definition) is 3. The Bertz CT molecular complexity index is 1140. The monoisotopic (exact) mass is 457 g/mol. The summed E-state index contributed by atoms with van der Waals surface area (Å²) in [5.41, 5.74) is 1.25. The molecule has 0 N–H and O–H groups in total. The van der Waals surface area contributed by atoms with Crippen LogP contribution in [0.4, 0.5) is 4.39 Å². The molecule has 158 valence electrons. The number of benzene rings is 2. The lowest BCUT2D eigenvalue weighted by Gasteiger charge is -2.22. The van der Waals surface area contributed by atoms with Gasteiger partial charge in [0.2, 0.25) is 0 Å². The topological polar surface area (TPSA) is 38.8 Å². The van der Waals surface area contributed by atoms with Gasteiger partial charge in [-0.1, -0.05) is 47.0 Å². The first-order valence-corrected chi connectivity index (χ1v) is 10.4. The first-order valence-electron chi connectivity index (χ1n) is 9.63. The van der Waals surface area contributed by atoms with E-state index in [2.05, 4.69) is 6.08 Å². The van der Waals surface area contributed by atoms with Crippen molar-refractivity contribution >= 4 is 29.1 Å². The molecular weight excluding hydrogens is 440 g/mol. The fourth-order valence-electron chi connectivity index (χ4n) is 3.22. The van der Waals surface area contributed by atoms with Crippen LogP contribution in [0.3, 0.4) is 0 Å². The Morgan fingerprint density at radius 3 is 2.84 bits per heavy atom. The van der Waals surface area contributed by atoms with Crippen LogP contribution in [-0.4, -0.2) is 10.8 Å². The second kappa shape index (κ2) is 9.41. The van der Waals surface area contributed by atoms with Gasteiger partial charge in [0.15, 0.2) is 0 Å². The summed E-state index contributed by atoms with van der Waals surface area (Å²) in [6.45, 7) is 0. The summed E-state index contributed by atoms with van der Waals surface area (Å²) in [6, 6.07) is 8.45. The van der Waals surface area contributed by atoms with E-state index in [0.717, 1.165) is 18.9 Å². The van der Waals surface area contributed by atoms with Crippen molar-refractivity contribution < 1.29 is 18.7 Å². The van der Waals surface area contributed by atoms with Crippen molar-refractivity contribution in [1.82, 2.24) is 4.90 Å². The van der Waals surface area contributed by atoms with Crippen LogP contribution in [0.25, 0.3) is 0 Å². The van der Waals surface area contributed by atoms with Gasteiger partial charge in [-0.15, -0.1) is 0 Å². The van der Waals surface area contributed by atoms with E-state index in [4.69, 9.17) is 32.7 Å². The number of carbonyl (C=O) groups excluding carboxylic acids is 1. The molecule has 0 unspecified atom stereocenters. The SMILES string of the molecule is O=C(c1cc(F)ccc1Oc1cc(Cl)ccc1Cl)N1C=COC(CC2=CC=CCC2)=C1. The predicted octanol–water partition coefficient (Wildman–Crippen LogP) is 7.38. The summed E-state index contributed by atoms with van der Waals surface area (Å²) >= 11 is 12.2. The summed E-state index contributed by atoms with van der Waals surface area (Å²) in [5, 5.41) is 0.736. The molecule has 1 amide bonds. The van der Waals surface area contributed by atoms with Crippen LogP contribution < -0.4 is 4.74 Å². The van der Waals surface area contributed by atoms with Crippen LogP contribution in [0, 0.1) is 5.82 Å². The molecule has 4 nitrogen and oxygen atoms in total. The van der Waals surface area contributed by atoms with Gasteiger partial charge in [-0.3, -0.25) is 9.69 Å². The Hall–Kier alpha value is -3.02. The average Bonchev–Trinajstić information content (AvgIpc) is 2.78. The van der Waals surface area contributed by atoms with Gasteiger partial charge in [0.25, 0.3) is 5.91 Å². The molecule has 31 heavy (non-hydrogen) atoms. The lowest BCUT2D eigenvalue weighted by molar-refractivity contribution is 0.0851. The van der Waals surface area contributed by atoms with Crippen molar-refractivity contribution in [3.05, 3.63) is 106 Å². The van der Waals surface area contributed by atoms with E-state index in [1.807, 2.05) is 12.2 Å². The maximum Gasteiger partial charge on any atom is 0.265 e. The maximum atomic E-state index is 14.0. The van der Waals surface area contributed by atoms with Crippen molar-refractivity contribution in [2.24, 2.45) is 0 Å². The highest BCUT2D eigenvalue weighted by Crippen LogP contribution is 2.34. The minimum atomic E-state index is -0.562. The lowest BCUT2D eigenvalue weighted by atomic mass is 10.0.